The molecule has 0 amide bonds. The van der Waals surface area contributed by atoms with Crippen LogP contribution in [0.25, 0.3) is 0 Å². The van der Waals surface area contributed by atoms with Crippen molar-refractivity contribution in [2.24, 2.45) is 4.99 Å². The first-order chi connectivity index (χ1) is 14.7. The molecule has 2 N–H and O–H groups in total. The average molecular weight is 543 g/mol. The summed E-state index contributed by atoms with van der Waals surface area (Å²) in [6.07, 6.45) is 3.39. The number of rotatable bonds is 9. The van der Waals surface area contributed by atoms with Crippen molar-refractivity contribution in [2.45, 2.75) is 25.5 Å². The first kappa shape index (κ1) is 25.1. The van der Waals surface area contributed by atoms with Gasteiger partial charge in [0.2, 0.25) is 0 Å². The molecule has 1 unspecified atom stereocenters. The van der Waals surface area contributed by atoms with Gasteiger partial charge in [-0.2, -0.15) is 0 Å². The number of anilines is 1. The summed E-state index contributed by atoms with van der Waals surface area (Å²) in [4.78, 5) is 10.4. The lowest BCUT2D eigenvalue weighted by Gasteiger charge is -2.20. The maximum Gasteiger partial charge on any atom is 0.191 e. The predicted molar refractivity (Wildman–Crippen MR) is 132 cm³/mol. The largest absolute Gasteiger partial charge is 0.497 e. The average Bonchev–Trinajstić information content (AvgIpc) is 3.24. The summed E-state index contributed by atoms with van der Waals surface area (Å²) in [5, 5.41) is 6.72. The topological polar surface area (TPSA) is 71.0 Å². The van der Waals surface area contributed by atoms with Crippen LogP contribution >= 0.6 is 24.0 Å². The number of hydrogen-bond donors (Lipinski definition) is 2. The Morgan fingerprint density at radius 3 is 2.81 bits per heavy atom. The van der Waals surface area contributed by atoms with Crippen molar-refractivity contribution in [1.29, 1.82) is 0 Å². The molecule has 0 bridgehead atoms. The van der Waals surface area contributed by atoms with E-state index < -0.39 is 0 Å². The normalized spacial score (nSPS) is 16.0. The lowest BCUT2D eigenvalue weighted by molar-refractivity contribution is 0.119. The van der Waals surface area contributed by atoms with Gasteiger partial charge in [0.15, 0.2) is 17.6 Å². The number of methoxy groups -OCH3 is 1. The number of benzene rings is 1. The number of aliphatic imine (C=N–C) groups is 1. The summed E-state index contributed by atoms with van der Waals surface area (Å²) in [6, 6.07) is 11.1. The monoisotopic (exact) mass is 543 g/mol. The van der Waals surface area contributed by atoms with Gasteiger partial charge in [-0.1, -0.05) is 12.1 Å². The number of halogens is 2. The Bertz CT molecular complexity index is 822. The Morgan fingerprint density at radius 2 is 2.10 bits per heavy atom. The molecule has 2 aromatic rings. The Kier molecular flexibility index (Phi) is 10.8. The van der Waals surface area contributed by atoms with Gasteiger partial charge in [0.1, 0.15) is 5.75 Å². The molecule has 1 aliphatic heterocycles. The standard InChI is InChI=1S/C22H30FN5O2.HI/c1-24-22(26-12-4-14-30-16-17-6-8-19(29-2)9-7-17)27-18-10-13-28(15-18)21-20(23)5-3-11-25-21;/h3,5-9,11,18H,4,10,12-16H2,1-2H3,(H2,24,26,27);1H. The van der Waals surface area contributed by atoms with Crippen molar-refractivity contribution >= 4 is 35.8 Å². The molecular formula is C22H31FIN5O2. The summed E-state index contributed by atoms with van der Waals surface area (Å²) in [7, 11) is 3.41. The zero-order valence-corrected chi connectivity index (χ0v) is 20.3. The molecular weight excluding hydrogens is 512 g/mol. The third kappa shape index (κ3) is 7.80. The van der Waals surface area contributed by atoms with Crippen LogP contribution in [0.3, 0.4) is 0 Å². The molecule has 9 heteroatoms. The smallest absolute Gasteiger partial charge is 0.191 e. The molecule has 0 radical (unpaired) electrons. The molecule has 1 aromatic carbocycles. The maximum atomic E-state index is 13.9. The summed E-state index contributed by atoms with van der Waals surface area (Å²) in [6.45, 7) is 3.46. The predicted octanol–water partition coefficient (Wildman–Crippen LogP) is 3.20. The third-order valence-corrected chi connectivity index (χ3v) is 4.98. The van der Waals surface area contributed by atoms with Gasteiger partial charge in [-0.15, -0.1) is 24.0 Å². The molecule has 170 valence electrons. The molecule has 3 rings (SSSR count). The van der Waals surface area contributed by atoms with Gasteiger partial charge < -0.3 is 25.0 Å². The lowest BCUT2D eigenvalue weighted by atomic mass is 10.2. The van der Waals surface area contributed by atoms with Gasteiger partial charge in [-0.05, 0) is 42.7 Å². The highest BCUT2D eigenvalue weighted by Crippen LogP contribution is 2.20. The Morgan fingerprint density at radius 1 is 1.29 bits per heavy atom. The summed E-state index contributed by atoms with van der Waals surface area (Å²) in [5.41, 5.74) is 1.12. The van der Waals surface area contributed by atoms with Crippen molar-refractivity contribution in [3.63, 3.8) is 0 Å². The highest BCUT2D eigenvalue weighted by molar-refractivity contribution is 14.0. The number of pyridine rings is 1. The van der Waals surface area contributed by atoms with E-state index in [0.29, 0.717) is 25.6 Å². The molecule has 2 heterocycles. The number of aromatic nitrogens is 1. The van der Waals surface area contributed by atoms with Gasteiger partial charge in [0.05, 0.1) is 13.7 Å². The van der Waals surface area contributed by atoms with E-state index in [1.807, 2.05) is 29.2 Å². The number of nitrogens with one attached hydrogen (secondary N) is 2. The highest BCUT2D eigenvalue weighted by Gasteiger charge is 2.25. The van der Waals surface area contributed by atoms with E-state index >= 15 is 0 Å². The Labute approximate surface area is 200 Å². The van der Waals surface area contributed by atoms with Crippen molar-refractivity contribution in [3.05, 3.63) is 54.0 Å². The van der Waals surface area contributed by atoms with E-state index in [0.717, 1.165) is 43.2 Å². The fourth-order valence-electron chi connectivity index (χ4n) is 3.36. The van der Waals surface area contributed by atoms with E-state index in [2.05, 4.69) is 20.6 Å². The van der Waals surface area contributed by atoms with Crippen molar-refractivity contribution in [2.75, 3.05) is 45.3 Å². The van der Waals surface area contributed by atoms with E-state index in [9.17, 15) is 4.39 Å². The number of hydrogen-bond acceptors (Lipinski definition) is 5. The second-order valence-corrected chi connectivity index (χ2v) is 7.14. The third-order valence-electron chi connectivity index (χ3n) is 4.98. The first-order valence-corrected chi connectivity index (χ1v) is 10.2. The molecule has 1 saturated heterocycles. The van der Waals surface area contributed by atoms with Crippen LogP contribution in [0.15, 0.2) is 47.6 Å². The molecule has 0 spiro atoms. The van der Waals surface area contributed by atoms with Crippen LogP contribution in [0.4, 0.5) is 10.2 Å². The Hall–Kier alpha value is -2.14. The zero-order valence-electron chi connectivity index (χ0n) is 18.0. The van der Waals surface area contributed by atoms with Gasteiger partial charge in [0.25, 0.3) is 0 Å². The SMILES string of the molecule is CN=C(NCCCOCc1ccc(OC)cc1)NC1CCN(c2ncccc2F)C1.I. The zero-order chi connectivity index (χ0) is 21.2. The summed E-state index contributed by atoms with van der Waals surface area (Å²) >= 11 is 0. The minimum absolute atomic E-state index is 0. The summed E-state index contributed by atoms with van der Waals surface area (Å²) < 4.78 is 24.8. The van der Waals surface area contributed by atoms with Crippen LogP contribution in [-0.4, -0.2) is 57.4 Å². The first-order valence-electron chi connectivity index (χ1n) is 10.2. The van der Waals surface area contributed by atoms with E-state index in [1.165, 1.54) is 6.07 Å². The molecule has 0 saturated carbocycles. The lowest BCUT2D eigenvalue weighted by Crippen LogP contribution is -2.45. The summed E-state index contributed by atoms with van der Waals surface area (Å²) in [5.74, 6) is 1.73. The van der Waals surface area contributed by atoms with Crippen molar-refractivity contribution in [1.82, 2.24) is 15.6 Å². The van der Waals surface area contributed by atoms with E-state index in [1.54, 1.807) is 26.4 Å². The van der Waals surface area contributed by atoms with E-state index in [-0.39, 0.29) is 35.8 Å². The van der Waals surface area contributed by atoms with Crippen molar-refractivity contribution in [3.8, 4) is 5.75 Å². The molecule has 7 nitrogen and oxygen atoms in total. The number of ether oxygens (including phenoxy) is 2. The van der Waals surface area contributed by atoms with Crippen LogP contribution in [-0.2, 0) is 11.3 Å². The van der Waals surface area contributed by atoms with Gasteiger partial charge in [-0.3, -0.25) is 4.99 Å². The van der Waals surface area contributed by atoms with Crippen LogP contribution in [0.2, 0.25) is 0 Å². The van der Waals surface area contributed by atoms with E-state index in [4.69, 9.17) is 9.47 Å². The fraction of sp³-hybridized carbons (Fsp3) is 0.455. The Balaban J connectivity index is 0.00000341. The molecule has 1 atom stereocenters. The van der Waals surface area contributed by atoms with Crippen LogP contribution < -0.4 is 20.3 Å². The molecule has 1 aromatic heterocycles. The van der Waals surface area contributed by atoms with Crippen LogP contribution in [0.1, 0.15) is 18.4 Å². The quantitative estimate of drug-likeness (QED) is 0.219. The van der Waals surface area contributed by atoms with Gasteiger partial charge >= 0.3 is 0 Å². The minimum Gasteiger partial charge on any atom is -0.497 e. The number of nitrogens with zero attached hydrogens (tertiary/aromatic N) is 3. The molecule has 31 heavy (non-hydrogen) atoms. The van der Waals surface area contributed by atoms with Gasteiger partial charge in [-0.25, -0.2) is 9.37 Å². The highest BCUT2D eigenvalue weighted by atomic mass is 127. The van der Waals surface area contributed by atoms with Gasteiger partial charge in [0, 0.05) is 45.5 Å². The fourth-order valence-corrected chi connectivity index (χ4v) is 3.36. The molecule has 1 fully saturated rings. The van der Waals surface area contributed by atoms with Crippen LogP contribution in [0, 0.1) is 5.82 Å². The molecule has 1 aliphatic rings. The van der Waals surface area contributed by atoms with Crippen LogP contribution in [0.5, 0.6) is 5.75 Å². The second kappa shape index (κ2) is 13.3. The number of guanidine groups is 1. The second-order valence-electron chi connectivity index (χ2n) is 7.14. The minimum atomic E-state index is -0.282. The van der Waals surface area contributed by atoms with Crippen molar-refractivity contribution < 1.29 is 13.9 Å². The molecule has 0 aliphatic carbocycles. The maximum absolute atomic E-state index is 13.9.